The van der Waals surface area contributed by atoms with Crippen LogP contribution in [0, 0.1) is 11.3 Å². The summed E-state index contributed by atoms with van der Waals surface area (Å²) in [5.41, 5.74) is 5.69. The van der Waals surface area contributed by atoms with E-state index in [0.29, 0.717) is 25.9 Å². The molecule has 1 aliphatic carbocycles. The smallest absolute Gasteiger partial charge is 0.308 e. The van der Waals surface area contributed by atoms with E-state index in [2.05, 4.69) is 0 Å². The Morgan fingerprint density at radius 2 is 1.89 bits per heavy atom. The first kappa shape index (κ1) is 14.3. The van der Waals surface area contributed by atoms with Gasteiger partial charge in [-0.05, 0) is 32.6 Å². The molecule has 0 radical (unpaired) electrons. The molecule has 0 aromatic rings. The predicted octanol–water partition coefficient (Wildman–Crippen LogP) is 0.915. The molecule has 19 heavy (non-hydrogen) atoms. The van der Waals surface area contributed by atoms with Gasteiger partial charge in [0.05, 0.1) is 18.4 Å². The summed E-state index contributed by atoms with van der Waals surface area (Å²) < 4.78 is 4.76. The first-order chi connectivity index (χ1) is 8.99. The normalized spacial score (nSPS) is 32.4. The van der Waals surface area contributed by atoms with Crippen LogP contribution in [0.25, 0.3) is 0 Å². The lowest BCUT2D eigenvalue weighted by Gasteiger charge is -2.38. The number of likely N-dealkylation sites (tertiary alicyclic amines) is 1. The molecule has 2 N–H and O–H groups in total. The van der Waals surface area contributed by atoms with E-state index >= 15 is 0 Å². The summed E-state index contributed by atoms with van der Waals surface area (Å²) in [5.74, 6) is -0.0456. The van der Waals surface area contributed by atoms with Crippen LogP contribution in [0.3, 0.4) is 0 Å². The first-order valence-corrected chi connectivity index (χ1v) is 7.12. The highest BCUT2D eigenvalue weighted by atomic mass is 16.5. The maximum absolute atomic E-state index is 12.6. The van der Waals surface area contributed by atoms with Crippen molar-refractivity contribution >= 4 is 11.9 Å². The fourth-order valence-electron chi connectivity index (χ4n) is 3.30. The Morgan fingerprint density at radius 3 is 2.37 bits per heavy atom. The van der Waals surface area contributed by atoms with Crippen molar-refractivity contribution in [1.29, 1.82) is 0 Å². The zero-order valence-corrected chi connectivity index (χ0v) is 11.9. The molecule has 0 aromatic carbocycles. The summed E-state index contributed by atoms with van der Waals surface area (Å²) in [5, 5.41) is 0. The second-order valence-corrected chi connectivity index (χ2v) is 6.01. The van der Waals surface area contributed by atoms with Crippen LogP contribution in [0.1, 0.15) is 39.0 Å². The SMILES string of the molecule is COC(=O)C1CCN(C(=O)C2(C)CCCC2N)CC1. The predicted molar refractivity (Wildman–Crippen MR) is 71.3 cm³/mol. The summed E-state index contributed by atoms with van der Waals surface area (Å²) in [6, 6.07) is -0.0293. The van der Waals surface area contributed by atoms with E-state index in [1.807, 2.05) is 11.8 Å². The van der Waals surface area contributed by atoms with Crippen molar-refractivity contribution in [2.45, 2.75) is 45.1 Å². The third kappa shape index (κ3) is 2.61. The van der Waals surface area contributed by atoms with E-state index in [1.54, 1.807) is 0 Å². The minimum absolute atomic E-state index is 0.0293. The Bertz CT molecular complexity index is 364. The molecule has 2 unspecified atom stereocenters. The highest BCUT2D eigenvalue weighted by molar-refractivity contribution is 5.84. The lowest BCUT2D eigenvalue weighted by molar-refractivity contribution is -0.151. The monoisotopic (exact) mass is 268 g/mol. The third-order valence-electron chi connectivity index (χ3n) is 4.83. The molecule has 0 aromatic heterocycles. The summed E-state index contributed by atoms with van der Waals surface area (Å²) in [4.78, 5) is 26.0. The summed E-state index contributed by atoms with van der Waals surface area (Å²) >= 11 is 0. The molecule has 108 valence electrons. The van der Waals surface area contributed by atoms with Crippen molar-refractivity contribution in [3.8, 4) is 0 Å². The number of hydrogen-bond acceptors (Lipinski definition) is 4. The van der Waals surface area contributed by atoms with Crippen LogP contribution in [-0.2, 0) is 14.3 Å². The van der Waals surface area contributed by atoms with Gasteiger partial charge in [-0.15, -0.1) is 0 Å². The molecule has 5 nitrogen and oxygen atoms in total. The van der Waals surface area contributed by atoms with Crippen molar-refractivity contribution in [2.24, 2.45) is 17.1 Å². The number of hydrogen-bond donors (Lipinski definition) is 1. The van der Waals surface area contributed by atoms with Crippen LogP contribution in [0.2, 0.25) is 0 Å². The van der Waals surface area contributed by atoms with E-state index in [9.17, 15) is 9.59 Å². The number of methoxy groups -OCH3 is 1. The molecule has 2 rings (SSSR count). The van der Waals surface area contributed by atoms with E-state index in [-0.39, 0.29) is 23.8 Å². The van der Waals surface area contributed by atoms with Gasteiger partial charge >= 0.3 is 5.97 Å². The third-order valence-corrected chi connectivity index (χ3v) is 4.83. The number of piperidine rings is 1. The van der Waals surface area contributed by atoms with Gasteiger partial charge in [-0.3, -0.25) is 9.59 Å². The molecule has 2 atom stereocenters. The minimum Gasteiger partial charge on any atom is -0.469 e. The van der Waals surface area contributed by atoms with Gasteiger partial charge in [-0.2, -0.15) is 0 Å². The summed E-state index contributed by atoms with van der Waals surface area (Å²) in [7, 11) is 1.42. The zero-order chi connectivity index (χ0) is 14.0. The number of esters is 1. The molecule has 5 heteroatoms. The fourth-order valence-corrected chi connectivity index (χ4v) is 3.30. The number of nitrogens with two attached hydrogens (primary N) is 1. The molecule has 0 spiro atoms. The van der Waals surface area contributed by atoms with Crippen LogP contribution in [0.5, 0.6) is 0 Å². The van der Waals surface area contributed by atoms with Crippen LogP contribution in [0.15, 0.2) is 0 Å². The van der Waals surface area contributed by atoms with Crippen molar-refractivity contribution in [1.82, 2.24) is 4.90 Å². The molecule has 1 heterocycles. The van der Waals surface area contributed by atoms with Gasteiger partial charge < -0.3 is 15.4 Å². The number of nitrogens with zero attached hydrogens (tertiary/aromatic N) is 1. The molecular weight excluding hydrogens is 244 g/mol. The lowest BCUT2D eigenvalue weighted by Crippen LogP contribution is -2.51. The van der Waals surface area contributed by atoms with E-state index in [4.69, 9.17) is 10.5 Å². The average Bonchev–Trinajstić information content (AvgIpc) is 2.78. The Labute approximate surface area is 114 Å². The number of carbonyl (C=O) groups is 2. The van der Waals surface area contributed by atoms with Gasteiger partial charge in [-0.1, -0.05) is 6.42 Å². The standard InChI is InChI=1S/C14H24N2O3/c1-14(7-3-4-11(14)15)13(18)16-8-5-10(6-9-16)12(17)19-2/h10-11H,3-9,15H2,1-2H3. The largest absolute Gasteiger partial charge is 0.469 e. The molecular formula is C14H24N2O3. The van der Waals surface area contributed by atoms with E-state index < -0.39 is 5.41 Å². The second kappa shape index (κ2) is 5.49. The topological polar surface area (TPSA) is 72.6 Å². The highest BCUT2D eigenvalue weighted by Gasteiger charge is 2.45. The zero-order valence-electron chi connectivity index (χ0n) is 11.9. The molecule has 2 aliphatic rings. The number of ether oxygens (including phenoxy) is 1. The number of rotatable bonds is 2. The average molecular weight is 268 g/mol. The molecule has 2 fully saturated rings. The Hall–Kier alpha value is -1.10. The van der Waals surface area contributed by atoms with Crippen molar-refractivity contribution < 1.29 is 14.3 Å². The van der Waals surface area contributed by atoms with Crippen molar-refractivity contribution in [3.63, 3.8) is 0 Å². The molecule has 1 saturated heterocycles. The molecule has 1 amide bonds. The van der Waals surface area contributed by atoms with Crippen LogP contribution in [0.4, 0.5) is 0 Å². The first-order valence-electron chi connectivity index (χ1n) is 7.12. The van der Waals surface area contributed by atoms with Gasteiger partial charge in [-0.25, -0.2) is 0 Å². The van der Waals surface area contributed by atoms with Crippen LogP contribution >= 0.6 is 0 Å². The van der Waals surface area contributed by atoms with Crippen molar-refractivity contribution in [3.05, 3.63) is 0 Å². The Balaban J connectivity index is 1.94. The van der Waals surface area contributed by atoms with Crippen molar-refractivity contribution in [2.75, 3.05) is 20.2 Å². The van der Waals surface area contributed by atoms with Crippen LogP contribution in [-0.4, -0.2) is 43.0 Å². The summed E-state index contributed by atoms with van der Waals surface area (Å²) in [6.07, 6.45) is 4.24. The maximum atomic E-state index is 12.6. The number of carbonyl (C=O) groups excluding carboxylic acids is 2. The second-order valence-electron chi connectivity index (χ2n) is 6.01. The number of amides is 1. The van der Waals surface area contributed by atoms with E-state index in [1.165, 1.54) is 7.11 Å². The van der Waals surface area contributed by atoms with Gasteiger partial charge in [0.25, 0.3) is 0 Å². The van der Waals surface area contributed by atoms with Crippen LogP contribution < -0.4 is 5.73 Å². The summed E-state index contributed by atoms with van der Waals surface area (Å²) in [6.45, 7) is 3.27. The minimum atomic E-state index is -0.405. The van der Waals surface area contributed by atoms with Gasteiger partial charge in [0.1, 0.15) is 0 Å². The quantitative estimate of drug-likeness (QED) is 0.756. The fraction of sp³-hybridized carbons (Fsp3) is 0.857. The van der Waals surface area contributed by atoms with Gasteiger partial charge in [0.2, 0.25) is 5.91 Å². The molecule has 0 bridgehead atoms. The van der Waals surface area contributed by atoms with Gasteiger partial charge in [0.15, 0.2) is 0 Å². The highest BCUT2D eigenvalue weighted by Crippen LogP contribution is 2.39. The molecule has 1 saturated carbocycles. The lowest BCUT2D eigenvalue weighted by atomic mass is 9.82. The Kier molecular flexibility index (Phi) is 4.13. The Morgan fingerprint density at radius 1 is 1.26 bits per heavy atom. The maximum Gasteiger partial charge on any atom is 0.308 e. The molecule has 1 aliphatic heterocycles. The van der Waals surface area contributed by atoms with E-state index in [0.717, 1.165) is 19.3 Å². The van der Waals surface area contributed by atoms with Gasteiger partial charge in [0, 0.05) is 19.1 Å².